The van der Waals surface area contributed by atoms with Crippen molar-refractivity contribution in [2.75, 3.05) is 13.1 Å². The van der Waals surface area contributed by atoms with Crippen LogP contribution in [0.5, 0.6) is 0 Å². The highest BCUT2D eigenvalue weighted by Gasteiger charge is 2.19. The summed E-state index contributed by atoms with van der Waals surface area (Å²) in [6.07, 6.45) is 1.27. The summed E-state index contributed by atoms with van der Waals surface area (Å²) in [7, 11) is 0. The summed E-state index contributed by atoms with van der Waals surface area (Å²) in [6.45, 7) is 5.57. The Labute approximate surface area is 118 Å². The molecule has 1 aromatic carbocycles. The molecule has 0 saturated heterocycles. The SMILES string of the molecule is CCc1cccc2cc3n(c12)CCN(CCC(=O)O)C3. The quantitative estimate of drug-likeness (QED) is 0.930. The Morgan fingerprint density at radius 2 is 2.20 bits per heavy atom. The zero-order valence-electron chi connectivity index (χ0n) is 11.8. The molecule has 106 valence electrons. The van der Waals surface area contributed by atoms with Crippen LogP contribution in [0.1, 0.15) is 24.6 Å². The molecular formula is C16H20N2O2. The Kier molecular flexibility index (Phi) is 3.49. The molecule has 0 bridgehead atoms. The first-order valence-corrected chi connectivity index (χ1v) is 7.23. The minimum Gasteiger partial charge on any atom is -0.481 e. The smallest absolute Gasteiger partial charge is 0.304 e. The summed E-state index contributed by atoms with van der Waals surface area (Å²) in [5.74, 6) is -0.718. The van der Waals surface area contributed by atoms with Crippen LogP contribution in [-0.4, -0.2) is 33.6 Å². The summed E-state index contributed by atoms with van der Waals surface area (Å²) in [5, 5.41) is 10.1. The van der Waals surface area contributed by atoms with Crippen molar-refractivity contribution in [1.29, 1.82) is 0 Å². The largest absolute Gasteiger partial charge is 0.481 e. The van der Waals surface area contributed by atoms with Crippen molar-refractivity contribution in [2.24, 2.45) is 0 Å². The van der Waals surface area contributed by atoms with E-state index in [1.165, 1.54) is 22.2 Å². The highest BCUT2D eigenvalue weighted by atomic mass is 16.4. The monoisotopic (exact) mass is 272 g/mol. The molecule has 1 aliphatic heterocycles. The van der Waals surface area contributed by atoms with Crippen LogP contribution in [0.4, 0.5) is 0 Å². The topological polar surface area (TPSA) is 45.5 Å². The zero-order chi connectivity index (χ0) is 14.1. The van der Waals surface area contributed by atoms with Gasteiger partial charge >= 0.3 is 5.97 Å². The molecule has 0 atom stereocenters. The van der Waals surface area contributed by atoms with Gasteiger partial charge in [-0.3, -0.25) is 9.69 Å². The van der Waals surface area contributed by atoms with Crippen LogP contribution < -0.4 is 0 Å². The molecule has 1 aliphatic rings. The molecule has 0 fully saturated rings. The minimum absolute atomic E-state index is 0.223. The first kappa shape index (κ1) is 13.2. The van der Waals surface area contributed by atoms with Crippen LogP contribution in [0.15, 0.2) is 24.3 Å². The number of aliphatic carboxylic acids is 1. The highest BCUT2D eigenvalue weighted by Crippen LogP contribution is 2.27. The molecule has 3 rings (SSSR count). The third-order valence-electron chi connectivity index (χ3n) is 4.14. The average molecular weight is 272 g/mol. The number of hydrogen-bond acceptors (Lipinski definition) is 2. The lowest BCUT2D eigenvalue weighted by atomic mass is 10.1. The van der Waals surface area contributed by atoms with Crippen molar-refractivity contribution in [3.8, 4) is 0 Å². The lowest BCUT2D eigenvalue weighted by molar-refractivity contribution is -0.137. The Bertz CT molecular complexity index is 645. The lowest BCUT2D eigenvalue weighted by Gasteiger charge is -2.28. The van der Waals surface area contributed by atoms with Gasteiger partial charge in [0.1, 0.15) is 0 Å². The third kappa shape index (κ3) is 2.31. The molecule has 0 unspecified atom stereocenters. The number of para-hydroxylation sites is 1. The average Bonchev–Trinajstić information content (AvgIpc) is 2.82. The lowest BCUT2D eigenvalue weighted by Crippen LogP contribution is -2.34. The van der Waals surface area contributed by atoms with Crippen molar-refractivity contribution in [2.45, 2.75) is 32.9 Å². The van der Waals surface area contributed by atoms with Gasteiger partial charge < -0.3 is 9.67 Å². The minimum atomic E-state index is -0.718. The molecule has 1 aromatic heterocycles. The first-order chi connectivity index (χ1) is 9.69. The molecule has 0 aliphatic carbocycles. The first-order valence-electron chi connectivity index (χ1n) is 7.23. The third-order valence-corrected chi connectivity index (χ3v) is 4.14. The van der Waals surface area contributed by atoms with Crippen LogP contribution in [-0.2, 0) is 24.3 Å². The number of carboxylic acid groups (broad SMARTS) is 1. The molecule has 0 radical (unpaired) electrons. The number of hydrogen-bond donors (Lipinski definition) is 1. The fraction of sp³-hybridized carbons (Fsp3) is 0.438. The summed E-state index contributed by atoms with van der Waals surface area (Å²) >= 11 is 0. The van der Waals surface area contributed by atoms with E-state index in [2.05, 4.69) is 40.7 Å². The summed E-state index contributed by atoms with van der Waals surface area (Å²) in [6, 6.07) is 8.74. The van der Waals surface area contributed by atoms with Gasteiger partial charge in [-0.25, -0.2) is 0 Å². The van der Waals surface area contributed by atoms with Gasteiger partial charge in [-0.05, 0) is 18.1 Å². The maximum absolute atomic E-state index is 10.7. The number of carbonyl (C=O) groups is 1. The standard InChI is InChI=1S/C16H20N2O2/c1-2-12-4-3-5-13-10-14-11-17(7-6-15(19)20)8-9-18(14)16(12)13/h3-5,10H,2,6-9,11H2,1H3,(H,19,20). The number of carboxylic acids is 1. The second-order valence-electron chi connectivity index (χ2n) is 5.42. The summed E-state index contributed by atoms with van der Waals surface area (Å²) in [5.41, 5.74) is 4.06. The number of fused-ring (bicyclic) bond motifs is 3. The predicted octanol–water partition coefficient (Wildman–Crippen LogP) is 2.49. The van der Waals surface area contributed by atoms with Gasteiger partial charge in [0.15, 0.2) is 0 Å². The van der Waals surface area contributed by atoms with Gasteiger partial charge in [0.05, 0.1) is 11.9 Å². The molecule has 20 heavy (non-hydrogen) atoms. The number of aromatic nitrogens is 1. The fourth-order valence-corrected chi connectivity index (χ4v) is 3.12. The Balaban J connectivity index is 1.89. The van der Waals surface area contributed by atoms with E-state index in [9.17, 15) is 4.79 Å². The van der Waals surface area contributed by atoms with Crippen LogP contribution in [0.25, 0.3) is 10.9 Å². The number of nitrogens with zero attached hydrogens (tertiary/aromatic N) is 2. The highest BCUT2D eigenvalue weighted by molar-refractivity contribution is 5.84. The van der Waals surface area contributed by atoms with Crippen LogP contribution in [0.2, 0.25) is 0 Å². The molecule has 2 heterocycles. The molecule has 4 heteroatoms. The van der Waals surface area contributed by atoms with E-state index >= 15 is 0 Å². The fourth-order valence-electron chi connectivity index (χ4n) is 3.12. The molecular weight excluding hydrogens is 252 g/mol. The normalized spacial score (nSPS) is 15.4. The number of rotatable bonds is 4. The number of aryl methyl sites for hydroxylation is 1. The van der Waals surface area contributed by atoms with Gasteiger partial charge in [-0.15, -0.1) is 0 Å². The van der Waals surface area contributed by atoms with Gasteiger partial charge in [0.2, 0.25) is 0 Å². The maximum Gasteiger partial charge on any atom is 0.304 e. The van der Waals surface area contributed by atoms with Gasteiger partial charge in [0.25, 0.3) is 0 Å². The van der Waals surface area contributed by atoms with E-state index in [-0.39, 0.29) is 6.42 Å². The van der Waals surface area contributed by atoms with Crippen LogP contribution in [0.3, 0.4) is 0 Å². The zero-order valence-corrected chi connectivity index (χ0v) is 11.8. The van der Waals surface area contributed by atoms with Crippen molar-refractivity contribution < 1.29 is 9.90 Å². The predicted molar refractivity (Wildman–Crippen MR) is 78.8 cm³/mol. The second-order valence-corrected chi connectivity index (χ2v) is 5.42. The molecule has 1 N–H and O–H groups in total. The molecule has 2 aromatic rings. The summed E-state index contributed by atoms with van der Waals surface area (Å²) < 4.78 is 2.41. The summed E-state index contributed by atoms with van der Waals surface area (Å²) in [4.78, 5) is 12.9. The van der Waals surface area contributed by atoms with E-state index in [0.717, 1.165) is 26.1 Å². The van der Waals surface area contributed by atoms with Crippen LogP contribution in [0, 0.1) is 0 Å². The van der Waals surface area contributed by atoms with Gasteiger partial charge in [-0.1, -0.05) is 25.1 Å². The van der Waals surface area contributed by atoms with E-state index in [1.54, 1.807) is 0 Å². The maximum atomic E-state index is 10.7. The van der Waals surface area contributed by atoms with E-state index in [4.69, 9.17) is 5.11 Å². The van der Waals surface area contributed by atoms with Crippen molar-refractivity contribution in [3.05, 3.63) is 35.5 Å². The van der Waals surface area contributed by atoms with Gasteiger partial charge in [-0.2, -0.15) is 0 Å². The second kappa shape index (κ2) is 5.29. The Morgan fingerprint density at radius 3 is 2.95 bits per heavy atom. The molecule has 0 saturated carbocycles. The number of benzene rings is 1. The van der Waals surface area contributed by atoms with Crippen molar-refractivity contribution >= 4 is 16.9 Å². The van der Waals surface area contributed by atoms with E-state index in [1.807, 2.05) is 0 Å². The Morgan fingerprint density at radius 1 is 1.35 bits per heavy atom. The molecule has 0 amide bonds. The van der Waals surface area contributed by atoms with Crippen molar-refractivity contribution in [1.82, 2.24) is 9.47 Å². The van der Waals surface area contributed by atoms with Gasteiger partial charge in [0, 0.05) is 37.3 Å². The van der Waals surface area contributed by atoms with E-state index < -0.39 is 5.97 Å². The van der Waals surface area contributed by atoms with E-state index in [0.29, 0.717) is 6.54 Å². The van der Waals surface area contributed by atoms with Crippen molar-refractivity contribution in [3.63, 3.8) is 0 Å². The molecule has 0 spiro atoms. The van der Waals surface area contributed by atoms with Crippen LogP contribution >= 0.6 is 0 Å². The molecule has 4 nitrogen and oxygen atoms in total. The Hall–Kier alpha value is -1.81.